The number of para-hydroxylation sites is 2. The zero-order chi connectivity index (χ0) is 37.9. The van der Waals surface area contributed by atoms with Gasteiger partial charge in [0.2, 0.25) is 0 Å². The van der Waals surface area contributed by atoms with Gasteiger partial charge in [0.25, 0.3) is 11.8 Å². The topological polar surface area (TPSA) is 135 Å². The number of aromatic nitrogens is 4. The second-order valence-electron chi connectivity index (χ2n) is 12.5. The van der Waals surface area contributed by atoms with Crippen molar-refractivity contribution in [1.82, 2.24) is 29.7 Å². The number of anilines is 2. The number of likely N-dealkylation sites (N-methyl/N-ethyl adjacent to an activating group) is 2. The average Bonchev–Trinajstić information content (AvgIpc) is 3.21. The van der Waals surface area contributed by atoms with Gasteiger partial charge in [-0.05, 0) is 74.7 Å². The number of carbonyl (C=O) groups excluding carboxylic acids is 2. The van der Waals surface area contributed by atoms with Gasteiger partial charge in [0.1, 0.15) is 47.7 Å². The van der Waals surface area contributed by atoms with E-state index in [1.807, 2.05) is 48.5 Å². The molecular formula is C42H46N8O4. The zero-order valence-corrected chi connectivity index (χ0v) is 31.2. The molecule has 2 aromatic carbocycles. The number of nitrogens with zero attached hydrogens (tertiary/aromatic N) is 6. The Labute approximate surface area is 315 Å². The molecule has 4 aromatic heterocycles. The summed E-state index contributed by atoms with van der Waals surface area (Å²) in [5, 5.41) is 7.49. The Morgan fingerprint density at radius 1 is 0.537 bits per heavy atom. The lowest BCUT2D eigenvalue weighted by Crippen LogP contribution is -2.28. The van der Waals surface area contributed by atoms with E-state index in [-0.39, 0.29) is 11.4 Å². The number of ether oxygens (including phenoxy) is 2. The lowest BCUT2D eigenvalue weighted by atomic mass is 10.2. The van der Waals surface area contributed by atoms with Crippen molar-refractivity contribution in [3.8, 4) is 22.9 Å². The Bertz CT molecular complexity index is 2060. The summed E-state index contributed by atoms with van der Waals surface area (Å²) in [6.07, 6.45) is 0. The van der Waals surface area contributed by atoms with Gasteiger partial charge in [0.05, 0.1) is 22.4 Å². The molecule has 6 aromatic rings. The van der Waals surface area contributed by atoms with Crippen LogP contribution in [-0.4, -0.2) is 94.0 Å². The molecule has 0 unspecified atom stereocenters. The molecule has 6 rings (SSSR count). The number of rotatable bonds is 17. The van der Waals surface area contributed by atoms with Gasteiger partial charge in [-0.15, -0.1) is 0 Å². The molecule has 2 N–H and O–H groups in total. The molecule has 0 fully saturated rings. The number of benzene rings is 2. The molecule has 54 heavy (non-hydrogen) atoms. The van der Waals surface area contributed by atoms with Crippen molar-refractivity contribution in [2.45, 2.75) is 27.7 Å². The van der Waals surface area contributed by atoms with Gasteiger partial charge in [-0.1, -0.05) is 64.1 Å². The lowest BCUT2D eigenvalue weighted by molar-refractivity contribution is 0.101. The number of fused-ring (bicyclic) bond motifs is 2. The second kappa shape index (κ2) is 18.2. The molecule has 2 amide bonds. The summed E-state index contributed by atoms with van der Waals surface area (Å²) in [6, 6.07) is 29.0. The predicted octanol–water partition coefficient (Wildman–Crippen LogP) is 7.19. The van der Waals surface area contributed by atoms with Crippen LogP contribution in [0.15, 0.2) is 97.1 Å². The zero-order valence-electron chi connectivity index (χ0n) is 31.2. The van der Waals surface area contributed by atoms with E-state index in [2.05, 4.69) is 68.1 Å². The van der Waals surface area contributed by atoms with E-state index in [0.717, 1.165) is 50.0 Å². The molecule has 4 heterocycles. The van der Waals surface area contributed by atoms with Crippen LogP contribution in [0.3, 0.4) is 0 Å². The Hall–Kier alpha value is -5.98. The van der Waals surface area contributed by atoms with E-state index < -0.39 is 11.8 Å². The van der Waals surface area contributed by atoms with Crippen LogP contribution < -0.4 is 20.1 Å². The minimum atomic E-state index is -0.444. The minimum Gasteiger partial charge on any atom is -0.491 e. The summed E-state index contributed by atoms with van der Waals surface area (Å²) < 4.78 is 12.4. The molecule has 0 atom stereocenters. The molecule has 0 saturated heterocycles. The number of hydrogen-bond acceptors (Lipinski definition) is 10. The van der Waals surface area contributed by atoms with Crippen molar-refractivity contribution >= 4 is 45.3 Å². The van der Waals surface area contributed by atoms with Crippen molar-refractivity contribution < 1.29 is 19.1 Å². The van der Waals surface area contributed by atoms with E-state index in [4.69, 9.17) is 9.47 Å². The molecule has 0 radical (unpaired) electrons. The van der Waals surface area contributed by atoms with E-state index in [1.54, 1.807) is 48.5 Å². The molecule has 0 bridgehead atoms. The fourth-order valence-electron chi connectivity index (χ4n) is 6.07. The van der Waals surface area contributed by atoms with Gasteiger partial charge in [-0.3, -0.25) is 9.59 Å². The Morgan fingerprint density at radius 3 is 1.35 bits per heavy atom. The quantitative estimate of drug-likeness (QED) is 0.0995. The first-order valence-electron chi connectivity index (χ1n) is 18.5. The highest BCUT2D eigenvalue weighted by molar-refractivity contribution is 6.04. The second-order valence-corrected chi connectivity index (χ2v) is 12.5. The first-order chi connectivity index (χ1) is 26.4. The number of hydrogen-bond donors (Lipinski definition) is 2. The third-order valence-electron chi connectivity index (χ3n) is 9.18. The van der Waals surface area contributed by atoms with Gasteiger partial charge in [-0.25, -0.2) is 19.9 Å². The first kappa shape index (κ1) is 37.8. The summed E-state index contributed by atoms with van der Waals surface area (Å²) in [7, 11) is 0. The Morgan fingerprint density at radius 2 is 0.944 bits per heavy atom. The smallest absolute Gasteiger partial charge is 0.275 e. The third-order valence-corrected chi connectivity index (χ3v) is 9.18. The molecule has 0 aliphatic rings. The van der Waals surface area contributed by atoms with Gasteiger partial charge < -0.3 is 29.9 Å². The van der Waals surface area contributed by atoms with Crippen molar-refractivity contribution in [3.63, 3.8) is 0 Å². The van der Waals surface area contributed by atoms with E-state index in [1.165, 1.54) is 0 Å². The number of pyridine rings is 4. The van der Waals surface area contributed by atoms with Crippen molar-refractivity contribution in [3.05, 3.63) is 108 Å². The molecule has 278 valence electrons. The highest BCUT2D eigenvalue weighted by atomic mass is 16.5. The summed E-state index contributed by atoms with van der Waals surface area (Å²) in [6.45, 7) is 14.8. The highest BCUT2D eigenvalue weighted by Crippen LogP contribution is 2.29. The van der Waals surface area contributed by atoms with Crippen LogP contribution >= 0.6 is 0 Å². The molecule has 0 spiro atoms. The molecule has 0 aliphatic carbocycles. The van der Waals surface area contributed by atoms with Crippen molar-refractivity contribution in [2.75, 3.05) is 63.1 Å². The first-order valence-corrected chi connectivity index (χ1v) is 18.5. The average molecular weight is 727 g/mol. The van der Waals surface area contributed by atoms with Crippen molar-refractivity contribution in [1.29, 1.82) is 0 Å². The molecular weight excluding hydrogens is 681 g/mol. The summed E-state index contributed by atoms with van der Waals surface area (Å²) in [5.41, 5.74) is 2.59. The monoisotopic (exact) mass is 726 g/mol. The van der Waals surface area contributed by atoms with Crippen LogP contribution in [0.4, 0.5) is 11.6 Å². The van der Waals surface area contributed by atoms with Crippen LogP contribution in [0.5, 0.6) is 11.5 Å². The van der Waals surface area contributed by atoms with Gasteiger partial charge >= 0.3 is 0 Å². The standard InChI is InChI=1S/C42H46N8O4/c1-5-49(6-2)23-25-53-37-27-39(45-31-17-11-9-15-29(31)37)47-41(51)35-21-13-19-33(43-35)34-20-14-22-36(44-34)42(52)48-40-28-38(54-26-24-50(7-3)8-4)30-16-10-12-18-32(30)46-40/h9-22,27-28H,5-8,23-26H2,1-4H3,(H,45,47,51)(H,46,48,52). The van der Waals surface area contributed by atoms with Gasteiger partial charge in [0, 0.05) is 36.0 Å². The highest BCUT2D eigenvalue weighted by Gasteiger charge is 2.17. The number of nitrogens with one attached hydrogen (secondary N) is 2. The SMILES string of the molecule is CCN(CC)CCOc1cc(NC(=O)c2cccc(-c3cccc(C(=O)Nc4cc(OCCN(CC)CC)c5ccccc5n4)n3)n2)nc2ccccc12. The molecule has 12 nitrogen and oxygen atoms in total. The summed E-state index contributed by atoms with van der Waals surface area (Å²) >= 11 is 0. The maximum Gasteiger partial charge on any atom is 0.275 e. The van der Waals surface area contributed by atoms with Crippen LogP contribution in [-0.2, 0) is 0 Å². The third kappa shape index (κ3) is 9.32. The largest absolute Gasteiger partial charge is 0.491 e. The molecule has 0 aliphatic heterocycles. The van der Waals surface area contributed by atoms with Crippen LogP contribution in [0.25, 0.3) is 33.2 Å². The fourth-order valence-corrected chi connectivity index (χ4v) is 6.07. The molecule has 0 saturated carbocycles. The van der Waals surface area contributed by atoms with Crippen molar-refractivity contribution in [2.24, 2.45) is 0 Å². The van der Waals surface area contributed by atoms with Crippen LogP contribution in [0, 0.1) is 0 Å². The Balaban J connectivity index is 1.17. The van der Waals surface area contributed by atoms with Gasteiger partial charge in [0.15, 0.2) is 0 Å². The van der Waals surface area contributed by atoms with Crippen LogP contribution in [0.1, 0.15) is 48.7 Å². The normalized spacial score (nSPS) is 11.3. The van der Waals surface area contributed by atoms with Crippen LogP contribution in [0.2, 0.25) is 0 Å². The van der Waals surface area contributed by atoms with E-state index in [9.17, 15) is 9.59 Å². The fraction of sp³-hybridized carbons (Fsp3) is 0.286. The predicted molar refractivity (Wildman–Crippen MR) is 213 cm³/mol. The lowest BCUT2D eigenvalue weighted by Gasteiger charge is -2.19. The maximum absolute atomic E-state index is 13.5. The minimum absolute atomic E-state index is 0.164. The number of carbonyl (C=O) groups is 2. The Kier molecular flexibility index (Phi) is 12.7. The number of amides is 2. The molecule has 12 heteroatoms. The van der Waals surface area contributed by atoms with E-state index >= 15 is 0 Å². The van der Waals surface area contributed by atoms with E-state index in [0.29, 0.717) is 58.8 Å². The summed E-state index contributed by atoms with van der Waals surface area (Å²) in [5.74, 6) is 1.09. The maximum atomic E-state index is 13.5. The summed E-state index contributed by atoms with van der Waals surface area (Å²) in [4.78, 5) is 50.0. The van der Waals surface area contributed by atoms with Gasteiger partial charge in [-0.2, -0.15) is 0 Å².